The molecule has 1 N–H and O–H groups in total. The summed E-state index contributed by atoms with van der Waals surface area (Å²) < 4.78 is 1.94. The average Bonchev–Trinajstić information content (AvgIpc) is 2.78. The van der Waals surface area contributed by atoms with Crippen molar-refractivity contribution in [2.75, 3.05) is 0 Å². The van der Waals surface area contributed by atoms with Crippen LogP contribution >= 0.6 is 0 Å². The van der Waals surface area contributed by atoms with Gasteiger partial charge < -0.3 is 5.32 Å². The summed E-state index contributed by atoms with van der Waals surface area (Å²) >= 11 is 0. The van der Waals surface area contributed by atoms with Crippen LogP contribution in [0, 0.1) is 13.8 Å². The van der Waals surface area contributed by atoms with Crippen molar-refractivity contribution in [3.05, 3.63) is 29.2 Å². The molecule has 0 aliphatic heterocycles. The van der Waals surface area contributed by atoms with E-state index in [1.54, 1.807) is 0 Å². The Kier molecular flexibility index (Phi) is 4.76. The SMILES string of the molecule is CCCCC(C)NC(C)c1cnc2cc(C)nn2c1C. The molecule has 0 fully saturated rings. The average molecular weight is 274 g/mol. The van der Waals surface area contributed by atoms with Crippen LogP contribution in [0.25, 0.3) is 5.65 Å². The highest BCUT2D eigenvalue weighted by atomic mass is 15.3. The number of aromatic nitrogens is 3. The number of nitrogens with one attached hydrogen (secondary N) is 1. The number of aryl methyl sites for hydroxylation is 2. The van der Waals surface area contributed by atoms with E-state index in [-0.39, 0.29) is 0 Å². The zero-order chi connectivity index (χ0) is 14.7. The fourth-order valence-electron chi connectivity index (χ4n) is 2.71. The van der Waals surface area contributed by atoms with Crippen molar-refractivity contribution >= 4 is 5.65 Å². The molecule has 20 heavy (non-hydrogen) atoms. The van der Waals surface area contributed by atoms with Crippen LogP contribution < -0.4 is 5.32 Å². The van der Waals surface area contributed by atoms with Gasteiger partial charge in [0.25, 0.3) is 0 Å². The lowest BCUT2D eigenvalue weighted by atomic mass is 10.1. The largest absolute Gasteiger partial charge is 0.308 e. The number of hydrogen-bond acceptors (Lipinski definition) is 3. The molecule has 110 valence electrons. The predicted octanol–water partition coefficient (Wildman–Crippen LogP) is 3.58. The summed E-state index contributed by atoms with van der Waals surface area (Å²) in [4.78, 5) is 4.51. The zero-order valence-corrected chi connectivity index (χ0v) is 13.3. The molecule has 0 aromatic carbocycles. The van der Waals surface area contributed by atoms with Gasteiger partial charge in [-0.15, -0.1) is 0 Å². The maximum Gasteiger partial charge on any atom is 0.155 e. The van der Waals surface area contributed by atoms with E-state index < -0.39 is 0 Å². The Labute approximate surface area is 121 Å². The highest BCUT2D eigenvalue weighted by Gasteiger charge is 2.14. The molecule has 0 radical (unpaired) electrons. The third kappa shape index (κ3) is 3.18. The molecule has 2 aromatic heterocycles. The van der Waals surface area contributed by atoms with Crippen molar-refractivity contribution in [3.8, 4) is 0 Å². The van der Waals surface area contributed by atoms with Gasteiger partial charge in [-0.05, 0) is 34.1 Å². The molecule has 0 saturated heterocycles. The first kappa shape index (κ1) is 15.0. The second kappa shape index (κ2) is 6.35. The monoisotopic (exact) mass is 274 g/mol. The first-order valence-electron chi connectivity index (χ1n) is 7.60. The number of nitrogens with zero attached hydrogens (tertiary/aromatic N) is 3. The fourth-order valence-corrected chi connectivity index (χ4v) is 2.71. The molecule has 2 unspecified atom stereocenters. The lowest BCUT2D eigenvalue weighted by Gasteiger charge is -2.21. The molecule has 0 amide bonds. The second-order valence-corrected chi connectivity index (χ2v) is 5.79. The summed E-state index contributed by atoms with van der Waals surface area (Å²) in [5.41, 5.74) is 4.33. The standard InChI is InChI=1S/C16H26N4/c1-6-7-8-11(2)18-13(4)15-10-17-16-9-12(3)19-20(16)14(15)5/h9-11,13,18H,6-8H2,1-5H3. The Bertz CT molecular complexity index is 573. The topological polar surface area (TPSA) is 42.2 Å². The summed E-state index contributed by atoms with van der Waals surface area (Å²) in [5.74, 6) is 0. The van der Waals surface area contributed by atoms with Crippen molar-refractivity contribution in [2.45, 2.75) is 66.0 Å². The predicted molar refractivity (Wildman–Crippen MR) is 83.0 cm³/mol. The molecular weight excluding hydrogens is 248 g/mol. The number of rotatable bonds is 6. The third-order valence-electron chi connectivity index (χ3n) is 3.88. The number of unbranched alkanes of at least 4 members (excludes halogenated alkanes) is 1. The van der Waals surface area contributed by atoms with Gasteiger partial charge in [0.15, 0.2) is 5.65 Å². The van der Waals surface area contributed by atoms with Crippen LogP contribution in [0.4, 0.5) is 0 Å². The molecule has 0 bridgehead atoms. The molecule has 2 rings (SSSR count). The summed E-state index contributed by atoms with van der Waals surface area (Å²) in [7, 11) is 0. The Balaban J connectivity index is 2.17. The summed E-state index contributed by atoms with van der Waals surface area (Å²) in [6.45, 7) is 10.8. The Morgan fingerprint density at radius 3 is 2.75 bits per heavy atom. The van der Waals surface area contributed by atoms with Crippen molar-refractivity contribution in [1.29, 1.82) is 0 Å². The molecule has 2 atom stereocenters. The zero-order valence-electron chi connectivity index (χ0n) is 13.3. The number of fused-ring (bicyclic) bond motifs is 1. The molecule has 0 saturated carbocycles. The van der Waals surface area contributed by atoms with E-state index in [2.05, 4.69) is 43.1 Å². The highest BCUT2D eigenvalue weighted by molar-refractivity contribution is 5.42. The summed E-state index contributed by atoms with van der Waals surface area (Å²) in [6.07, 6.45) is 5.72. The smallest absolute Gasteiger partial charge is 0.155 e. The highest BCUT2D eigenvalue weighted by Crippen LogP contribution is 2.19. The van der Waals surface area contributed by atoms with E-state index in [4.69, 9.17) is 0 Å². The lowest BCUT2D eigenvalue weighted by Crippen LogP contribution is -2.29. The van der Waals surface area contributed by atoms with Crippen LogP contribution in [-0.4, -0.2) is 20.6 Å². The van der Waals surface area contributed by atoms with Crippen LogP contribution in [0.3, 0.4) is 0 Å². The lowest BCUT2D eigenvalue weighted by molar-refractivity contribution is 0.441. The second-order valence-electron chi connectivity index (χ2n) is 5.79. The molecule has 0 aliphatic carbocycles. The van der Waals surface area contributed by atoms with Crippen molar-refractivity contribution in [3.63, 3.8) is 0 Å². The minimum Gasteiger partial charge on any atom is -0.308 e. The first-order chi connectivity index (χ1) is 9.52. The van der Waals surface area contributed by atoms with E-state index in [1.165, 1.54) is 30.5 Å². The van der Waals surface area contributed by atoms with Crippen molar-refractivity contribution in [2.24, 2.45) is 0 Å². The minimum absolute atomic E-state index is 0.295. The van der Waals surface area contributed by atoms with E-state index in [0.717, 1.165) is 11.3 Å². The van der Waals surface area contributed by atoms with Crippen LogP contribution in [0.15, 0.2) is 12.3 Å². The van der Waals surface area contributed by atoms with Crippen LogP contribution in [0.2, 0.25) is 0 Å². The number of hydrogen-bond donors (Lipinski definition) is 1. The summed E-state index contributed by atoms with van der Waals surface area (Å²) in [6, 6.07) is 2.83. The molecule has 0 aliphatic rings. The van der Waals surface area contributed by atoms with Crippen LogP contribution in [0.1, 0.15) is 63.0 Å². The van der Waals surface area contributed by atoms with Gasteiger partial charge in [0.2, 0.25) is 0 Å². The van der Waals surface area contributed by atoms with Gasteiger partial charge in [-0.2, -0.15) is 5.10 Å². The molecule has 4 heteroatoms. The van der Waals surface area contributed by atoms with Gasteiger partial charge in [0, 0.05) is 35.6 Å². The van der Waals surface area contributed by atoms with Gasteiger partial charge >= 0.3 is 0 Å². The Hall–Kier alpha value is -1.42. The van der Waals surface area contributed by atoms with Crippen LogP contribution in [-0.2, 0) is 0 Å². The van der Waals surface area contributed by atoms with Gasteiger partial charge in [-0.1, -0.05) is 19.8 Å². The molecule has 0 spiro atoms. The maximum atomic E-state index is 4.51. The molecule has 2 heterocycles. The molecular formula is C16H26N4. The van der Waals surface area contributed by atoms with E-state index in [9.17, 15) is 0 Å². The summed E-state index contributed by atoms with van der Waals surface area (Å²) in [5, 5.41) is 8.17. The van der Waals surface area contributed by atoms with Gasteiger partial charge in [-0.3, -0.25) is 0 Å². The molecule has 4 nitrogen and oxygen atoms in total. The Morgan fingerprint density at radius 1 is 1.30 bits per heavy atom. The minimum atomic E-state index is 0.295. The van der Waals surface area contributed by atoms with Gasteiger partial charge in [-0.25, -0.2) is 9.50 Å². The fraction of sp³-hybridized carbons (Fsp3) is 0.625. The van der Waals surface area contributed by atoms with E-state index in [0.29, 0.717) is 12.1 Å². The normalized spacial score (nSPS) is 14.7. The van der Waals surface area contributed by atoms with E-state index in [1.807, 2.05) is 23.7 Å². The van der Waals surface area contributed by atoms with Crippen LogP contribution in [0.5, 0.6) is 0 Å². The maximum absolute atomic E-state index is 4.51. The third-order valence-corrected chi connectivity index (χ3v) is 3.88. The van der Waals surface area contributed by atoms with Crippen molar-refractivity contribution in [1.82, 2.24) is 19.9 Å². The van der Waals surface area contributed by atoms with Crippen molar-refractivity contribution < 1.29 is 0 Å². The van der Waals surface area contributed by atoms with Gasteiger partial charge in [0.1, 0.15) is 0 Å². The van der Waals surface area contributed by atoms with E-state index >= 15 is 0 Å². The first-order valence-corrected chi connectivity index (χ1v) is 7.60. The Morgan fingerprint density at radius 2 is 2.05 bits per heavy atom. The van der Waals surface area contributed by atoms with Gasteiger partial charge in [0.05, 0.1) is 5.69 Å². The quantitative estimate of drug-likeness (QED) is 0.875. The molecule has 2 aromatic rings.